The summed E-state index contributed by atoms with van der Waals surface area (Å²) >= 11 is 5.88. The minimum absolute atomic E-state index is 0.0767. The third-order valence-electron chi connectivity index (χ3n) is 4.38. The lowest BCUT2D eigenvalue weighted by Gasteiger charge is -2.23. The van der Waals surface area contributed by atoms with E-state index in [1.165, 1.54) is 43.5 Å². The predicted molar refractivity (Wildman–Crippen MR) is 122 cm³/mol. The molecule has 0 saturated heterocycles. The van der Waals surface area contributed by atoms with Crippen LogP contribution < -0.4 is 18.5 Å². The summed E-state index contributed by atoms with van der Waals surface area (Å²) in [6.45, 7) is 1.91. The zero-order valence-electron chi connectivity index (χ0n) is 17.5. The van der Waals surface area contributed by atoms with Crippen LogP contribution in [0, 0.1) is 0 Å². The second-order valence-electron chi connectivity index (χ2n) is 6.51. The topological polar surface area (TPSA) is 82.1 Å². The summed E-state index contributed by atoms with van der Waals surface area (Å²) in [5.41, 5.74) is 0.154. The molecule has 0 aliphatic heterocycles. The maximum absolute atomic E-state index is 13.3. The van der Waals surface area contributed by atoms with Crippen LogP contribution in [0.25, 0.3) is 0 Å². The third-order valence-corrected chi connectivity index (χ3v) is 6.40. The van der Waals surface area contributed by atoms with E-state index in [0.717, 1.165) is 0 Å². The van der Waals surface area contributed by atoms with Crippen LogP contribution in [-0.4, -0.2) is 34.6 Å². The van der Waals surface area contributed by atoms with Crippen molar-refractivity contribution in [2.75, 3.05) is 24.6 Å². The van der Waals surface area contributed by atoms with Crippen molar-refractivity contribution in [3.8, 4) is 17.2 Å². The molecule has 0 radical (unpaired) electrons. The van der Waals surface area contributed by atoms with Crippen LogP contribution in [0.4, 0.5) is 5.69 Å². The van der Waals surface area contributed by atoms with Gasteiger partial charge in [0.25, 0.3) is 15.9 Å². The van der Waals surface area contributed by atoms with E-state index in [1.54, 1.807) is 36.4 Å². The van der Waals surface area contributed by atoms with E-state index in [0.29, 0.717) is 33.2 Å². The van der Waals surface area contributed by atoms with Gasteiger partial charge in [-0.3, -0.25) is 4.79 Å². The molecule has 3 aromatic rings. The molecule has 9 heteroatoms. The van der Waals surface area contributed by atoms with Crippen molar-refractivity contribution >= 4 is 33.2 Å². The third kappa shape index (κ3) is 5.52. The minimum atomic E-state index is -4.22. The van der Waals surface area contributed by atoms with Crippen molar-refractivity contribution in [3.63, 3.8) is 0 Å². The number of carbonyl (C=O) groups excluding carboxylic acids is 1. The molecule has 0 N–H and O–H groups in total. The molecule has 3 aromatic carbocycles. The van der Waals surface area contributed by atoms with Crippen molar-refractivity contribution in [2.45, 2.75) is 11.8 Å². The van der Waals surface area contributed by atoms with Gasteiger partial charge in [0.1, 0.15) is 17.2 Å². The Morgan fingerprint density at radius 1 is 0.844 bits per heavy atom. The number of methoxy groups -OCH3 is 1. The van der Waals surface area contributed by atoms with Crippen LogP contribution in [-0.2, 0) is 14.8 Å². The van der Waals surface area contributed by atoms with E-state index >= 15 is 0 Å². The minimum Gasteiger partial charge on any atom is -0.497 e. The van der Waals surface area contributed by atoms with Crippen LogP contribution in [0.2, 0.25) is 5.02 Å². The van der Waals surface area contributed by atoms with Crippen LogP contribution in [0.1, 0.15) is 6.92 Å². The van der Waals surface area contributed by atoms with E-state index < -0.39 is 22.5 Å². The van der Waals surface area contributed by atoms with Crippen molar-refractivity contribution in [3.05, 3.63) is 77.8 Å². The molecule has 0 heterocycles. The largest absolute Gasteiger partial charge is 0.497 e. The van der Waals surface area contributed by atoms with Gasteiger partial charge in [0.15, 0.2) is 6.61 Å². The highest BCUT2D eigenvalue weighted by molar-refractivity contribution is 7.93. The number of halogens is 1. The summed E-state index contributed by atoms with van der Waals surface area (Å²) < 4.78 is 43.4. The van der Waals surface area contributed by atoms with Gasteiger partial charge in [0, 0.05) is 5.02 Å². The van der Waals surface area contributed by atoms with E-state index in [-0.39, 0.29) is 10.6 Å². The maximum Gasteiger partial charge on any atom is 0.278 e. The summed E-state index contributed by atoms with van der Waals surface area (Å²) in [7, 11) is -2.73. The van der Waals surface area contributed by atoms with E-state index in [4.69, 9.17) is 25.8 Å². The van der Waals surface area contributed by atoms with E-state index in [9.17, 15) is 13.2 Å². The number of carbonyl (C=O) groups is 1. The first-order valence-corrected chi connectivity index (χ1v) is 11.5. The summed E-state index contributed by atoms with van der Waals surface area (Å²) in [6, 6.07) is 18.4. The lowest BCUT2D eigenvalue weighted by atomic mass is 10.3. The Hall–Kier alpha value is -3.23. The van der Waals surface area contributed by atoms with Gasteiger partial charge in [-0.1, -0.05) is 11.6 Å². The molecule has 0 aliphatic carbocycles. The van der Waals surface area contributed by atoms with Gasteiger partial charge < -0.3 is 14.2 Å². The smallest absolute Gasteiger partial charge is 0.278 e. The molecular formula is C23H22ClNO6S. The van der Waals surface area contributed by atoms with Crippen molar-refractivity contribution in [1.82, 2.24) is 0 Å². The number of hydrogen-bond acceptors (Lipinski definition) is 6. The summed E-state index contributed by atoms with van der Waals surface area (Å²) in [5.74, 6) is 0.825. The van der Waals surface area contributed by atoms with E-state index in [1.807, 2.05) is 6.92 Å². The SMILES string of the molecule is CCOc1ccc(OCC(=O)N(c2ccc(OC)cc2)S(=O)(=O)c2ccc(Cl)cc2)cc1. The molecular weight excluding hydrogens is 454 g/mol. The molecule has 0 unspecified atom stereocenters. The Bertz CT molecular complexity index is 1150. The zero-order chi connectivity index (χ0) is 23.1. The summed E-state index contributed by atoms with van der Waals surface area (Å²) in [5, 5.41) is 0.380. The molecule has 0 fully saturated rings. The highest BCUT2D eigenvalue weighted by atomic mass is 35.5. The van der Waals surface area contributed by atoms with Gasteiger partial charge >= 0.3 is 0 Å². The summed E-state index contributed by atoms with van der Waals surface area (Å²) in [4.78, 5) is 13.0. The highest BCUT2D eigenvalue weighted by Crippen LogP contribution is 2.27. The number of benzene rings is 3. The Balaban J connectivity index is 1.88. The average molecular weight is 476 g/mol. The molecule has 32 heavy (non-hydrogen) atoms. The Morgan fingerprint density at radius 3 is 1.91 bits per heavy atom. The lowest BCUT2D eigenvalue weighted by Crippen LogP contribution is -2.40. The Labute approximate surface area is 192 Å². The molecule has 0 saturated carbocycles. The number of amides is 1. The van der Waals surface area contributed by atoms with Crippen molar-refractivity contribution in [1.29, 1.82) is 0 Å². The quantitative estimate of drug-likeness (QED) is 0.451. The molecule has 0 bridgehead atoms. The number of anilines is 1. The van der Waals surface area contributed by atoms with Gasteiger partial charge in [-0.15, -0.1) is 0 Å². The average Bonchev–Trinajstić information content (AvgIpc) is 2.79. The van der Waals surface area contributed by atoms with Gasteiger partial charge in [-0.05, 0) is 79.7 Å². The monoisotopic (exact) mass is 475 g/mol. The standard InChI is InChI=1S/C23H22ClNO6S/c1-3-30-20-10-12-21(13-11-20)31-16-23(26)25(18-6-8-19(29-2)9-7-18)32(27,28)22-14-4-17(24)5-15-22/h4-15H,3,16H2,1-2H3. The first-order valence-electron chi connectivity index (χ1n) is 9.68. The van der Waals surface area contributed by atoms with Gasteiger partial charge in [-0.2, -0.15) is 4.31 Å². The molecule has 0 atom stereocenters. The molecule has 1 amide bonds. The Morgan fingerprint density at radius 2 is 1.38 bits per heavy atom. The lowest BCUT2D eigenvalue weighted by molar-refractivity contribution is -0.119. The van der Waals surface area contributed by atoms with E-state index in [2.05, 4.69) is 0 Å². The van der Waals surface area contributed by atoms with Crippen LogP contribution in [0.15, 0.2) is 77.7 Å². The van der Waals surface area contributed by atoms with Crippen molar-refractivity contribution in [2.24, 2.45) is 0 Å². The molecule has 0 spiro atoms. The predicted octanol–water partition coefficient (Wildman–Crippen LogP) is 4.55. The first-order chi connectivity index (χ1) is 15.3. The molecule has 168 valence electrons. The number of ether oxygens (including phenoxy) is 3. The highest BCUT2D eigenvalue weighted by Gasteiger charge is 2.31. The first kappa shape index (κ1) is 23.4. The van der Waals surface area contributed by atoms with Crippen LogP contribution in [0.3, 0.4) is 0 Å². The molecule has 0 aliphatic rings. The van der Waals surface area contributed by atoms with Crippen LogP contribution >= 0.6 is 11.6 Å². The number of sulfonamides is 1. The number of rotatable bonds is 9. The van der Waals surface area contributed by atoms with Crippen LogP contribution in [0.5, 0.6) is 17.2 Å². The van der Waals surface area contributed by atoms with Crippen molar-refractivity contribution < 1.29 is 27.4 Å². The molecule has 7 nitrogen and oxygen atoms in total. The normalized spacial score (nSPS) is 11.0. The fourth-order valence-corrected chi connectivity index (χ4v) is 4.39. The fourth-order valence-electron chi connectivity index (χ4n) is 2.85. The second-order valence-corrected chi connectivity index (χ2v) is 8.73. The van der Waals surface area contributed by atoms with Gasteiger partial charge in [-0.25, -0.2) is 8.42 Å². The second kappa shape index (κ2) is 10.4. The fraction of sp³-hybridized carbons (Fsp3) is 0.174. The Kier molecular flexibility index (Phi) is 7.61. The maximum atomic E-state index is 13.3. The summed E-state index contributed by atoms with van der Waals surface area (Å²) in [6.07, 6.45) is 0. The van der Waals surface area contributed by atoms with Gasteiger partial charge in [0.05, 0.1) is 24.3 Å². The molecule has 0 aromatic heterocycles. The number of nitrogens with zero attached hydrogens (tertiary/aromatic N) is 1. The molecule has 3 rings (SSSR count). The van der Waals surface area contributed by atoms with Gasteiger partial charge in [0.2, 0.25) is 0 Å². The zero-order valence-corrected chi connectivity index (χ0v) is 19.1. The number of hydrogen-bond donors (Lipinski definition) is 0.